The van der Waals surface area contributed by atoms with Crippen LogP contribution in [0.1, 0.15) is 17.2 Å². The molecular formula is C23H17ClN2O4. The number of pyridine rings is 1. The Labute approximate surface area is 178 Å². The number of ketones is 1. The Morgan fingerprint density at radius 3 is 2.37 bits per heavy atom. The van der Waals surface area contributed by atoms with Crippen LogP contribution in [0.5, 0.6) is 5.75 Å². The van der Waals surface area contributed by atoms with Crippen LogP contribution in [0.15, 0.2) is 78.6 Å². The average molecular weight is 421 g/mol. The molecule has 1 aliphatic heterocycles. The predicted octanol–water partition coefficient (Wildman–Crippen LogP) is 4.37. The zero-order valence-corrected chi connectivity index (χ0v) is 16.7. The Morgan fingerprint density at radius 1 is 1.07 bits per heavy atom. The quantitative estimate of drug-likeness (QED) is 0.385. The van der Waals surface area contributed by atoms with Gasteiger partial charge in [-0.3, -0.25) is 19.5 Å². The first-order valence-corrected chi connectivity index (χ1v) is 9.50. The number of carbonyl (C=O) groups is 2. The average Bonchev–Trinajstić information content (AvgIpc) is 3.05. The minimum atomic E-state index is -0.831. The van der Waals surface area contributed by atoms with Gasteiger partial charge in [-0.2, -0.15) is 0 Å². The highest BCUT2D eigenvalue weighted by Crippen LogP contribution is 2.42. The van der Waals surface area contributed by atoms with E-state index in [2.05, 4.69) is 4.98 Å². The van der Waals surface area contributed by atoms with Crippen molar-refractivity contribution in [3.63, 3.8) is 0 Å². The fourth-order valence-corrected chi connectivity index (χ4v) is 3.58. The summed E-state index contributed by atoms with van der Waals surface area (Å²) in [6.45, 7) is 0. The van der Waals surface area contributed by atoms with E-state index in [1.807, 2.05) is 0 Å². The second kappa shape index (κ2) is 8.00. The van der Waals surface area contributed by atoms with E-state index in [1.54, 1.807) is 80.2 Å². The molecule has 2 heterocycles. The van der Waals surface area contributed by atoms with Crippen LogP contribution in [0.2, 0.25) is 5.02 Å². The normalized spacial score (nSPS) is 17.9. The number of aliphatic hydroxyl groups is 1. The third kappa shape index (κ3) is 3.42. The summed E-state index contributed by atoms with van der Waals surface area (Å²) < 4.78 is 5.18. The molecule has 3 aromatic rings. The van der Waals surface area contributed by atoms with Gasteiger partial charge in [0.2, 0.25) is 0 Å². The summed E-state index contributed by atoms with van der Waals surface area (Å²) in [5.41, 5.74) is 1.48. The van der Waals surface area contributed by atoms with Crippen molar-refractivity contribution >= 4 is 34.7 Å². The van der Waals surface area contributed by atoms with Crippen LogP contribution >= 0.6 is 11.6 Å². The van der Waals surface area contributed by atoms with Crippen molar-refractivity contribution in [2.75, 3.05) is 12.0 Å². The first kappa shape index (κ1) is 19.7. The van der Waals surface area contributed by atoms with Gasteiger partial charge in [0.05, 0.1) is 18.7 Å². The third-order valence-electron chi connectivity index (χ3n) is 4.91. The second-order valence-corrected chi connectivity index (χ2v) is 7.10. The molecule has 1 amide bonds. The number of amides is 1. The lowest BCUT2D eigenvalue weighted by molar-refractivity contribution is -0.132. The standard InChI is InChI=1S/C23H17ClN2O4/c1-30-18-10-8-17(9-11-18)26-20(15-3-2-12-25-13-15)19(22(28)23(26)29)21(27)14-4-6-16(24)7-5-14/h2-13,20,27H,1H3/b21-19-. The Bertz CT molecular complexity index is 1130. The number of benzene rings is 2. The summed E-state index contributed by atoms with van der Waals surface area (Å²) in [5.74, 6) is -1.15. The number of aliphatic hydroxyl groups excluding tert-OH is 1. The van der Waals surface area contributed by atoms with Crippen molar-refractivity contribution in [2.45, 2.75) is 6.04 Å². The van der Waals surface area contributed by atoms with Crippen LogP contribution < -0.4 is 9.64 Å². The van der Waals surface area contributed by atoms with E-state index in [0.29, 0.717) is 27.6 Å². The molecule has 1 N–H and O–H groups in total. The molecule has 0 radical (unpaired) electrons. The molecule has 0 saturated carbocycles. The number of carbonyl (C=O) groups excluding carboxylic acids is 2. The highest BCUT2D eigenvalue weighted by atomic mass is 35.5. The Morgan fingerprint density at radius 2 is 1.77 bits per heavy atom. The number of rotatable bonds is 4. The van der Waals surface area contributed by atoms with E-state index in [4.69, 9.17) is 16.3 Å². The molecule has 1 atom stereocenters. The van der Waals surface area contributed by atoms with Gasteiger partial charge in [0.15, 0.2) is 0 Å². The first-order valence-electron chi connectivity index (χ1n) is 9.12. The molecular weight excluding hydrogens is 404 g/mol. The van der Waals surface area contributed by atoms with E-state index in [0.717, 1.165) is 0 Å². The summed E-state index contributed by atoms with van der Waals surface area (Å²) in [7, 11) is 1.54. The second-order valence-electron chi connectivity index (χ2n) is 6.66. The smallest absolute Gasteiger partial charge is 0.300 e. The lowest BCUT2D eigenvalue weighted by Gasteiger charge is -2.25. The van der Waals surface area contributed by atoms with Gasteiger partial charge in [0.25, 0.3) is 11.7 Å². The fraction of sp³-hybridized carbons (Fsp3) is 0.0870. The van der Waals surface area contributed by atoms with Crippen molar-refractivity contribution in [1.82, 2.24) is 4.98 Å². The lowest BCUT2D eigenvalue weighted by Crippen LogP contribution is -2.29. The van der Waals surface area contributed by atoms with Gasteiger partial charge in [-0.1, -0.05) is 17.7 Å². The number of nitrogens with zero attached hydrogens (tertiary/aromatic N) is 2. The topological polar surface area (TPSA) is 79.7 Å². The minimum absolute atomic E-state index is 0.00820. The van der Waals surface area contributed by atoms with Gasteiger partial charge in [-0.05, 0) is 60.2 Å². The number of hydrogen-bond donors (Lipinski definition) is 1. The van der Waals surface area contributed by atoms with Gasteiger partial charge >= 0.3 is 0 Å². The first-order chi connectivity index (χ1) is 14.5. The molecule has 150 valence electrons. The molecule has 1 aromatic heterocycles. The third-order valence-corrected chi connectivity index (χ3v) is 5.16. The summed E-state index contributed by atoms with van der Waals surface area (Å²) >= 11 is 5.93. The summed E-state index contributed by atoms with van der Waals surface area (Å²) in [5, 5.41) is 11.5. The molecule has 7 heteroatoms. The van der Waals surface area contributed by atoms with Gasteiger partial charge in [-0.15, -0.1) is 0 Å². The van der Waals surface area contributed by atoms with Crippen molar-refractivity contribution in [3.8, 4) is 5.75 Å². The molecule has 4 rings (SSSR count). The molecule has 2 aromatic carbocycles. The SMILES string of the molecule is COc1ccc(N2C(=O)C(=O)/C(=C(\O)c3ccc(Cl)cc3)C2c2cccnc2)cc1. The van der Waals surface area contributed by atoms with Crippen molar-refractivity contribution < 1.29 is 19.4 Å². The monoisotopic (exact) mass is 420 g/mol. The number of anilines is 1. The summed E-state index contributed by atoms with van der Waals surface area (Å²) in [6, 6.07) is 15.8. The lowest BCUT2D eigenvalue weighted by atomic mass is 9.96. The van der Waals surface area contributed by atoms with Crippen LogP contribution in [-0.4, -0.2) is 28.9 Å². The van der Waals surface area contributed by atoms with Crippen molar-refractivity contribution in [3.05, 3.63) is 94.8 Å². The largest absolute Gasteiger partial charge is 0.507 e. The van der Waals surface area contributed by atoms with E-state index in [9.17, 15) is 14.7 Å². The van der Waals surface area contributed by atoms with Crippen LogP contribution in [0.3, 0.4) is 0 Å². The Hall–Kier alpha value is -3.64. The maximum atomic E-state index is 13.0. The maximum Gasteiger partial charge on any atom is 0.300 e. The van der Waals surface area contributed by atoms with E-state index >= 15 is 0 Å². The molecule has 0 spiro atoms. The number of hydrogen-bond acceptors (Lipinski definition) is 5. The highest BCUT2D eigenvalue weighted by Gasteiger charge is 2.47. The van der Waals surface area contributed by atoms with E-state index in [-0.39, 0.29) is 11.3 Å². The fourth-order valence-electron chi connectivity index (χ4n) is 3.46. The molecule has 1 saturated heterocycles. The zero-order valence-electron chi connectivity index (χ0n) is 15.9. The molecule has 6 nitrogen and oxygen atoms in total. The van der Waals surface area contributed by atoms with Crippen LogP contribution in [0.25, 0.3) is 5.76 Å². The number of ether oxygens (including phenoxy) is 1. The molecule has 1 aliphatic rings. The van der Waals surface area contributed by atoms with Gasteiger partial charge in [-0.25, -0.2) is 0 Å². The Balaban J connectivity index is 1.90. The van der Waals surface area contributed by atoms with Gasteiger partial charge in [0.1, 0.15) is 11.5 Å². The molecule has 30 heavy (non-hydrogen) atoms. The van der Waals surface area contributed by atoms with Gasteiger partial charge in [0, 0.05) is 28.7 Å². The molecule has 0 aliphatic carbocycles. The number of aromatic nitrogens is 1. The molecule has 1 fully saturated rings. The van der Waals surface area contributed by atoms with Crippen molar-refractivity contribution in [2.24, 2.45) is 0 Å². The zero-order chi connectivity index (χ0) is 21.3. The van der Waals surface area contributed by atoms with Gasteiger partial charge < -0.3 is 9.84 Å². The Kier molecular flexibility index (Phi) is 5.25. The highest BCUT2D eigenvalue weighted by molar-refractivity contribution is 6.51. The maximum absolute atomic E-state index is 13.0. The number of halogens is 1. The summed E-state index contributed by atoms with van der Waals surface area (Å²) in [6.07, 6.45) is 3.17. The van der Waals surface area contributed by atoms with Crippen LogP contribution in [0.4, 0.5) is 5.69 Å². The van der Waals surface area contributed by atoms with Crippen LogP contribution in [-0.2, 0) is 9.59 Å². The number of Topliss-reactive ketones (excluding diaryl/α,β-unsaturated/α-hetero) is 1. The van der Waals surface area contributed by atoms with E-state index < -0.39 is 17.7 Å². The molecule has 1 unspecified atom stereocenters. The van der Waals surface area contributed by atoms with Crippen LogP contribution in [0, 0.1) is 0 Å². The van der Waals surface area contributed by atoms with E-state index in [1.165, 1.54) is 4.90 Å². The minimum Gasteiger partial charge on any atom is -0.507 e. The predicted molar refractivity (Wildman–Crippen MR) is 113 cm³/mol. The summed E-state index contributed by atoms with van der Waals surface area (Å²) in [4.78, 5) is 31.5. The van der Waals surface area contributed by atoms with Crippen molar-refractivity contribution in [1.29, 1.82) is 0 Å². The molecule has 0 bridgehead atoms. The number of methoxy groups -OCH3 is 1.